The smallest absolute Gasteiger partial charge is 0.339 e. The molecule has 3 rings (SSSR count). The normalized spacial score (nSPS) is 13.1. The molecule has 2 aromatic rings. The van der Waals surface area contributed by atoms with Crippen LogP contribution >= 0.6 is 11.3 Å². The van der Waals surface area contributed by atoms with Crippen molar-refractivity contribution < 1.29 is 23.9 Å². The number of nitrogens with zero attached hydrogens (tertiary/aromatic N) is 1. The Labute approximate surface area is 141 Å². The minimum absolute atomic E-state index is 0.0641. The van der Waals surface area contributed by atoms with Gasteiger partial charge in [0, 0.05) is 33.0 Å². The monoisotopic (exact) mass is 349 g/mol. The Kier molecular flexibility index (Phi) is 4.50. The molecule has 0 atom stereocenters. The lowest BCUT2D eigenvalue weighted by Gasteiger charge is -2.20. The van der Waals surface area contributed by atoms with Gasteiger partial charge in [-0.1, -0.05) is 0 Å². The fourth-order valence-corrected chi connectivity index (χ4v) is 3.46. The molecule has 1 aromatic heterocycles. The zero-order chi connectivity index (χ0) is 17.3. The van der Waals surface area contributed by atoms with Crippen molar-refractivity contribution in [1.29, 1.82) is 0 Å². The van der Waals surface area contributed by atoms with Gasteiger partial charge in [-0.25, -0.2) is 4.79 Å². The molecule has 1 aliphatic rings. The predicted molar refractivity (Wildman–Crippen MR) is 86.3 cm³/mol. The number of esters is 1. The number of non-ortho nitro benzene ring substituents is 1. The molecule has 1 aromatic carbocycles. The lowest BCUT2D eigenvalue weighted by atomic mass is 10.1. The summed E-state index contributed by atoms with van der Waals surface area (Å²) in [7, 11) is 0. The molecule has 0 unspecified atom stereocenters. The van der Waals surface area contributed by atoms with Gasteiger partial charge in [0.1, 0.15) is 12.4 Å². The SMILES string of the molecule is Cc1cc(C(=O)OCc2cc([N+](=O)[O-])cc3c2OCOC3)c(C)s1. The van der Waals surface area contributed by atoms with Gasteiger partial charge in [0.05, 0.1) is 17.1 Å². The van der Waals surface area contributed by atoms with E-state index in [1.54, 1.807) is 6.07 Å². The Morgan fingerprint density at radius 1 is 1.38 bits per heavy atom. The van der Waals surface area contributed by atoms with E-state index in [4.69, 9.17) is 14.2 Å². The summed E-state index contributed by atoms with van der Waals surface area (Å²) in [6, 6.07) is 4.55. The second kappa shape index (κ2) is 6.58. The second-order valence-corrected chi connectivity index (χ2v) is 6.82. The fourth-order valence-electron chi connectivity index (χ4n) is 2.55. The molecule has 24 heavy (non-hydrogen) atoms. The first-order valence-corrected chi connectivity index (χ1v) is 8.02. The van der Waals surface area contributed by atoms with Crippen LogP contribution in [0, 0.1) is 24.0 Å². The summed E-state index contributed by atoms with van der Waals surface area (Å²) >= 11 is 1.52. The van der Waals surface area contributed by atoms with Crippen LogP contribution < -0.4 is 4.74 Å². The molecule has 0 spiro atoms. The van der Waals surface area contributed by atoms with Crippen LogP contribution in [-0.2, 0) is 22.7 Å². The average Bonchev–Trinajstić information content (AvgIpc) is 2.90. The third kappa shape index (κ3) is 3.24. The molecule has 1 aliphatic heterocycles. The molecule has 126 valence electrons. The van der Waals surface area contributed by atoms with Crippen LogP contribution in [0.3, 0.4) is 0 Å². The van der Waals surface area contributed by atoms with Gasteiger partial charge in [0.15, 0.2) is 6.79 Å². The number of carbonyl (C=O) groups excluding carboxylic acids is 1. The first-order chi connectivity index (χ1) is 11.5. The summed E-state index contributed by atoms with van der Waals surface area (Å²) in [5.41, 5.74) is 1.46. The molecule has 0 saturated carbocycles. The Bertz CT molecular complexity index is 813. The highest BCUT2D eigenvalue weighted by Gasteiger charge is 2.22. The highest BCUT2D eigenvalue weighted by molar-refractivity contribution is 7.12. The first kappa shape index (κ1) is 16.4. The summed E-state index contributed by atoms with van der Waals surface area (Å²) in [5.74, 6) is 0.0297. The summed E-state index contributed by atoms with van der Waals surface area (Å²) in [6.45, 7) is 3.95. The summed E-state index contributed by atoms with van der Waals surface area (Å²) in [6.07, 6.45) is 0. The zero-order valence-electron chi connectivity index (χ0n) is 13.2. The number of benzene rings is 1. The third-order valence-corrected chi connectivity index (χ3v) is 4.57. The number of carbonyl (C=O) groups is 1. The van der Waals surface area contributed by atoms with E-state index in [1.807, 2.05) is 13.8 Å². The Hall–Kier alpha value is -2.45. The molecule has 0 amide bonds. The van der Waals surface area contributed by atoms with Crippen LogP contribution in [0.25, 0.3) is 0 Å². The topological polar surface area (TPSA) is 87.9 Å². The van der Waals surface area contributed by atoms with E-state index >= 15 is 0 Å². The molecule has 0 aliphatic carbocycles. The van der Waals surface area contributed by atoms with Crippen LogP contribution in [0.5, 0.6) is 5.75 Å². The number of ether oxygens (including phenoxy) is 3. The fraction of sp³-hybridized carbons (Fsp3) is 0.312. The van der Waals surface area contributed by atoms with Crippen molar-refractivity contribution in [2.75, 3.05) is 6.79 Å². The van der Waals surface area contributed by atoms with Gasteiger partial charge in [-0.15, -0.1) is 11.3 Å². The van der Waals surface area contributed by atoms with Crippen molar-refractivity contribution in [2.24, 2.45) is 0 Å². The van der Waals surface area contributed by atoms with E-state index in [0.717, 1.165) is 9.75 Å². The van der Waals surface area contributed by atoms with Crippen molar-refractivity contribution in [2.45, 2.75) is 27.1 Å². The number of rotatable bonds is 4. The van der Waals surface area contributed by atoms with Gasteiger partial charge >= 0.3 is 5.97 Å². The van der Waals surface area contributed by atoms with E-state index in [0.29, 0.717) is 22.4 Å². The van der Waals surface area contributed by atoms with E-state index < -0.39 is 10.9 Å². The Morgan fingerprint density at radius 3 is 2.83 bits per heavy atom. The first-order valence-electron chi connectivity index (χ1n) is 7.20. The van der Waals surface area contributed by atoms with Crippen LogP contribution in [0.2, 0.25) is 0 Å². The number of aryl methyl sites for hydroxylation is 2. The van der Waals surface area contributed by atoms with E-state index in [2.05, 4.69) is 0 Å². The standard InChI is InChI=1S/C16H15NO6S/c1-9-3-14(10(2)24-9)16(18)22-7-12-5-13(17(19)20)4-11-6-21-8-23-15(11)12/h3-5H,6-8H2,1-2H3. The van der Waals surface area contributed by atoms with Gasteiger partial charge in [0.2, 0.25) is 0 Å². The molecule has 8 heteroatoms. The maximum absolute atomic E-state index is 12.2. The Balaban J connectivity index is 1.84. The molecule has 0 N–H and O–H groups in total. The maximum Gasteiger partial charge on any atom is 0.339 e. The predicted octanol–water partition coefficient (Wildman–Crippen LogP) is 3.50. The van der Waals surface area contributed by atoms with Crippen LogP contribution in [0.1, 0.15) is 31.2 Å². The zero-order valence-corrected chi connectivity index (χ0v) is 14.0. The van der Waals surface area contributed by atoms with Gasteiger partial charge < -0.3 is 14.2 Å². The van der Waals surface area contributed by atoms with Gasteiger partial charge in [-0.05, 0) is 19.9 Å². The second-order valence-electron chi connectivity index (χ2n) is 5.36. The summed E-state index contributed by atoms with van der Waals surface area (Å²) in [5, 5.41) is 11.1. The minimum Gasteiger partial charge on any atom is -0.467 e. The minimum atomic E-state index is -0.493. The number of hydrogen-bond acceptors (Lipinski definition) is 7. The summed E-state index contributed by atoms with van der Waals surface area (Å²) in [4.78, 5) is 24.7. The van der Waals surface area contributed by atoms with E-state index in [9.17, 15) is 14.9 Å². The molecule has 0 saturated heterocycles. The van der Waals surface area contributed by atoms with Gasteiger partial charge in [-0.3, -0.25) is 10.1 Å². The lowest BCUT2D eigenvalue weighted by molar-refractivity contribution is -0.385. The average molecular weight is 349 g/mol. The van der Waals surface area contributed by atoms with Crippen molar-refractivity contribution >= 4 is 23.0 Å². The maximum atomic E-state index is 12.2. The third-order valence-electron chi connectivity index (χ3n) is 3.60. The highest BCUT2D eigenvalue weighted by atomic mass is 32.1. The Morgan fingerprint density at radius 2 is 2.17 bits per heavy atom. The van der Waals surface area contributed by atoms with Crippen molar-refractivity contribution in [3.8, 4) is 5.75 Å². The number of nitro benzene ring substituents is 1. The van der Waals surface area contributed by atoms with Crippen molar-refractivity contribution in [1.82, 2.24) is 0 Å². The molecule has 0 radical (unpaired) electrons. The number of nitro groups is 1. The van der Waals surface area contributed by atoms with Gasteiger partial charge in [-0.2, -0.15) is 0 Å². The van der Waals surface area contributed by atoms with Crippen LogP contribution in [-0.4, -0.2) is 17.7 Å². The molecular formula is C16H15NO6S. The van der Waals surface area contributed by atoms with Crippen LogP contribution in [0.15, 0.2) is 18.2 Å². The molecule has 2 heterocycles. The quantitative estimate of drug-likeness (QED) is 0.477. The molecule has 0 fully saturated rings. The van der Waals surface area contributed by atoms with Crippen LogP contribution in [0.4, 0.5) is 5.69 Å². The van der Waals surface area contributed by atoms with Crippen molar-refractivity contribution in [3.63, 3.8) is 0 Å². The van der Waals surface area contributed by atoms with E-state index in [-0.39, 0.29) is 25.7 Å². The van der Waals surface area contributed by atoms with E-state index in [1.165, 1.54) is 23.5 Å². The van der Waals surface area contributed by atoms with Crippen molar-refractivity contribution in [3.05, 3.63) is 54.8 Å². The molecular weight excluding hydrogens is 334 g/mol. The number of hydrogen-bond donors (Lipinski definition) is 0. The molecule has 7 nitrogen and oxygen atoms in total. The number of fused-ring (bicyclic) bond motifs is 1. The lowest BCUT2D eigenvalue weighted by Crippen LogP contribution is -2.15. The van der Waals surface area contributed by atoms with Gasteiger partial charge in [0.25, 0.3) is 5.69 Å². The molecule has 0 bridgehead atoms. The largest absolute Gasteiger partial charge is 0.467 e. The summed E-state index contributed by atoms with van der Waals surface area (Å²) < 4.78 is 15.9. The highest BCUT2D eigenvalue weighted by Crippen LogP contribution is 2.33. The number of thiophene rings is 1.